The number of amides is 5. The van der Waals surface area contributed by atoms with Crippen LogP contribution in [-0.2, 0) is 0 Å². The highest BCUT2D eigenvalue weighted by Gasteiger charge is 2.35. The van der Waals surface area contributed by atoms with Gasteiger partial charge in [0.05, 0.1) is 30.4 Å². The summed E-state index contributed by atoms with van der Waals surface area (Å²) >= 11 is 0. The molecule has 0 saturated heterocycles. The molecule has 5 amide bonds. The molecule has 0 aromatic heterocycles. The second-order valence-corrected chi connectivity index (χ2v) is 10.8. The molecule has 0 radical (unpaired) electrons. The molecule has 0 spiro atoms. The molecule has 0 aliphatic carbocycles. The number of fused-ring (bicyclic) bond motifs is 2. The lowest BCUT2D eigenvalue weighted by molar-refractivity contribution is 0.0373. The molecule has 12 nitrogen and oxygen atoms in total. The Labute approximate surface area is 253 Å². The number of aliphatic hydroxyl groups is 1. The molecule has 3 aromatic rings. The van der Waals surface area contributed by atoms with Crippen molar-refractivity contribution in [1.29, 1.82) is 0 Å². The lowest BCUT2D eigenvalue weighted by Crippen LogP contribution is -2.50. The number of anilines is 3. The third kappa shape index (κ3) is 6.78. The van der Waals surface area contributed by atoms with Crippen molar-refractivity contribution in [1.82, 2.24) is 9.80 Å². The topological polar surface area (TPSA) is 142 Å². The zero-order valence-corrected chi connectivity index (χ0v) is 24.5. The lowest BCUT2D eigenvalue weighted by Gasteiger charge is -2.38. The molecule has 0 unspecified atom stereocenters. The van der Waals surface area contributed by atoms with Crippen molar-refractivity contribution in [3.8, 4) is 17.2 Å². The second kappa shape index (κ2) is 13.1. The molecule has 2 aliphatic heterocycles. The minimum Gasteiger partial charge on any atom is -0.485 e. The molecule has 0 fully saturated rings. The van der Waals surface area contributed by atoms with Crippen LogP contribution in [0.15, 0.2) is 60.7 Å². The van der Waals surface area contributed by atoms with Crippen LogP contribution in [0.1, 0.15) is 24.2 Å². The average Bonchev–Trinajstić information content (AvgIpc) is 3.48. The van der Waals surface area contributed by atoms with Crippen LogP contribution in [0.2, 0.25) is 0 Å². The largest absolute Gasteiger partial charge is 0.485 e. The Bertz CT molecular complexity index is 1540. The van der Waals surface area contributed by atoms with Crippen molar-refractivity contribution in [3.05, 3.63) is 72.0 Å². The number of nitrogens with zero attached hydrogens (tertiary/aromatic N) is 2. The first-order valence-corrected chi connectivity index (χ1v) is 14.1. The van der Waals surface area contributed by atoms with Crippen LogP contribution >= 0.6 is 0 Å². The Morgan fingerprint density at radius 3 is 2.52 bits per heavy atom. The number of carbonyl (C=O) groups excluding carboxylic acids is 3. The fraction of sp³-hybridized carbons (Fsp3) is 0.323. The predicted molar refractivity (Wildman–Crippen MR) is 161 cm³/mol. The van der Waals surface area contributed by atoms with Gasteiger partial charge in [-0.3, -0.25) is 4.79 Å². The smallest absolute Gasteiger partial charge is 0.323 e. The van der Waals surface area contributed by atoms with Crippen molar-refractivity contribution in [2.75, 3.05) is 49.5 Å². The van der Waals surface area contributed by atoms with Crippen molar-refractivity contribution in [2.45, 2.75) is 26.0 Å². The fourth-order valence-electron chi connectivity index (χ4n) is 4.92. The summed E-state index contributed by atoms with van der Waals surface area (Å²) in [5.41, 5.74) is 1.30. The van der Waals surface area contributed by atoms with Gasteiger partial charge >= 0.3 is 12.1 Å². The molecule has 44 heavy (non-hydrogen) atoms. The van der Waals surface area contributed by atoms with E-state index in [4.69, 9.17) is 14.2 Å². The quantitative estimate of drug-likeness (QED) is 0.308. The molecule has 13 heteroatoms. The molecule has 232 valence electrons. The summed E-state index contributed by atoms with van der Waals surface area (Å²) in [4.78, 5) is 42.8. The molecule has 4 N–H and O–H groups in total. The molecule has 3 atom stereocenters. The van der Waals surface area contributed by atoms with Crippen molar-refractivity contribution in [3.63, 3.8) is 0 Å². The normalized spacial score (nSPS) is 17.8. The van der Waals surface area contributed by atoms with Gasteiger partial charge < -0.3 is 45.1 Å². The first-order valence-electron chi connectivity index (χ1n) is 14.1. The number of urea groups is 2. The van der Waals surface area contributed by atoms with Gasteiger partial charge in [-0.1, -0.05) is 13.0 Å². The van der Waals surface area contributed by atoms with E-state index in [-0.39, 0.29) is 55.3 Å². The fourth-order valence-corrected chi connectivity index (χ4v) is 4.92. The molecule has 5 rings (SSSR count). The maximum absolute atomic E-state index is 13.7. The summed E-state index contributed by atoms with van der Waals surface area (Å²) in [6.07, 6.45) is -0.620. The van der Waals surface area contributed by atoms with Crippen LogP contribution in [-0.4, -0.2) is 78.6 Å². The van der Waals surface area contributed by atoms with E-state index in [2.05, 4.69) is 16.0 Å². The summed E-state index contributed by atoms with van der Waals surface area (Å²) in [7, 11) is 1.62. The highest BCUT2D eigenvalue weighted by molar-refractivity contribution is 6.04. The van der Waals surface area contributed by atoms with Crippen molar-refractivity contribution >= 4 is 35.0 Å². The van der Waals surface area contributed by atoms with E-state index < -0.39 is 30.0 Å². The number of nitrogens with one attached hydrogen (secondary N) is 3. The maximum Gasteiger partial charge on any atom is 0.323 e. The van der Waals surface area contributed by atoms with E-state index in [1.54, 1.807) is 55.3 Å². The zero-order chi connectivity index (χ0) is 31.4. The Morgan fingerprint density at radius 2 is 1.77 bits per heavy atom. The maximum atomic E-state index is 13.7. The van der Waals surface area contributed by atoms with Crippen LogP contribution < -0.4 is 30.2 Å². The van der Waals surface area contributed by atoms with Gasteiger partial charge in [0, 0.05) is 37.0 Å². The third-order valence-electron chi connectivity index (χ3n) is 7.47. The van der Waals surface area contributed by atoms with Crippen LogP contribution in [0.25, 0.3) is 0 Å². The summed E-state index contributed by atoms with van der Waals surface area (Å²) in [5, 5.41) is 18.1. The number of rotatable bonds is 7. The van der Waals surface area contributed by atoms with Crippen LogP contribution in [0.5, 0.6) is 17.2 Å². The van der Waals surface area contributed by atoms with E-state index >= 15 is 0 Å². The van der Waals surface area contributed by atoms with Gasteiger partial charge in [-0.05, 0) is 55.5 Å². The Morgan fingerprint density at radius 1 is 1.05 bits per heavy atom. The van der Waals surface area contributed by atoms with Crippen molar-refractivity contribution in [2.24, 2.45) is 5.92 Å². The number of ether oxygens (including phenoxy) is 3. The standard InChI is InChI=1S/C31H34FN5O7/c1-18-14-37(19(2)16-38)29(39)23-5-4-6-24(35-30(40)33-21-9-7-20(32)8-10-21)28(23)44-27(18)15-36(3)31(41)34-22-11-12-25-26(13-22)43-17-42-25/h4-13,18-19,27,38H,14-17H2,1-3H3,(H,34,41)(H2,33,35,40)/t18-,19-,27+/m1/s1. The van der Waals surface area contributed by atoms with E-state index in [1.807, 2.05) is 6.92 Å². The van der Waals surface area contributed by atoms with Crippen LogP contribution in [0.4, 0.5) is 31.0 Å². The van der Waals surface area contributed by atoms with Gasteiger partial charge in [0.1, 0.15) is 11.9 Å². The molecule has 0 bridgehead atoms. The number of hydrogen-bond acceptors (Lipinski definition) is 7. The number of para-hydroxylation sites is 1. The zero-order valence-electron chi connectivity index (χ0n) is 24.5. The summed E-state index contributed by atoms with van der Waals surface area (Å²) in [6.45, 7) is 3.87. The molecular formula is C31H34FN5O7. The monoisotopic (exact) mass is 607 g/mol. The highest BCUT2D eigenvalue weighted by Crippen LogP contribution is 2.36. The Hall–Kier alpha value is -5.04. The highest BCUT2D eigenvalue weighted by atomic mass is 19.1. The molecule has 0 saturated carbocycles. The summed E-state index contributed by atoms with van der Waals surface area (Å²) in [6, 6.07) is 13.6. The van der Waals surface area contributed by atoms with E-state index in [0.717, 1.165) is 0 Å². The van der Waals surface area contributed by atoms with Crippen molar-refractivity contribution < 1.29 is 38.1 Å². The van der Waals surface area contributed by atoms with Gasteiger partial charge in [-0.2, -0.15) is 0 Å². The number of carbonyl (C=O) groups is 3. The van der Waals surface area contributed by atoms with Gasteiger partial charge in [-0.15, -0.1) is 0 Å². The lowest BCUT2D eigenvalue weighted by atomic mass is 9.99. The summed E-state index contributed by atoms with van der Waals surface area (Å²) in [5.74, 6) is 0.155. The van der Waals surface area contributed by atoms with E-state index in [1.165, 1.54) is 29.2 Å². The minimum atomic E-state index is -0.631. The SMILES string of the molecule is C[C@@H]1CN([C@H](C)CO)C(=O)c2cccc(NC(=O)Nc3ccc(F)cc3)c2O[C@H]1CN(C)C(=O)Nc1ccc2c(c1)OCO2. The molecule has 2 aliphatic rings. The second-order valence-electron chi connectivity index (χ2n) is 10.8. The van der Waals surface area contributed by atoms with Gasteiger partial charge in [0.15, 0.2) is 17.2 Å². The number of hydrogen-bond donors (Lipinski definition) is 4. The number of halogens is 1. The first kappa shape index (κ1) is 30.4. The number of benzene rings is 3. The van der Waals surface area contributed by atoms with E-state index in [0.29, 0.717) is 22.9 Å². The Kier molecular flexibility index (Phi) is 9.04. The first-order chi connectivity index (χ1) is 21.1. The van der Waals surface area contributed by atoms with Gasteiger partial charge in [0.2, 0.25) is 6.79 Å². The Balaban J connectivity index is 1.38. The van der Waals surface area contributed by atoms with E-state index in [9.17, 15) is 23.9 Å². The molecule has 3 aromatic carbocycles. The number of likely N-dealkylation sites (N-methyl/N-ethyl adjacent to an activating group) is 1. The molecular weight excluding hydrogens is 573 g/mol. The molecule has 2 heterocycles. The third-order valence-corrected chi connectivity index (χ3v) is 7.47. The van der Waals surface area contributed by atoms with Crippen LogP contribution in [0, 0.1) is 11.7 Å². The number of aliphatic hydroxyl groups excluding tert-OH is 1. The average molecular weight is 608 g/mol. The van der Waals surface area contributed by atoms with Crippen LogP contribution in [0.3, 0.4) is 0 Å². The summed E-state index contributed by atoms with van der Waals surface area (Å²) < 4.78 is 30.5. The van der Waals surface area contributed by atoms with Gasteiger partial charge in [0.25, 0.3) is 5.91 Å². The minimum absolute atomic E-state index is 0.115. The van der Waals surface area contributed by atoms with Gasteiger partial charge in [-0.25, -0.2) is 14.0 Å². The predicted octanol–water partition coefficient (Wildman–Crippen LogP) is 4.58.